The fourth-order valence-corrected chi connectivity index (χ4v) is 3.73. The van der Waals surface area contributed by atoms with E-state index < -0.39 is 23.9 Å². The number of benzene rings is 3. The zero-order chi connectivity index (χ0) is 32.8. The van der Waals surface area contributed by atoms with E-state index >= 15 is 0 Å². The fraction of sp³-hybridized carbons (Fsp3) is 0.257. The lowest BCUT2D eigenvalue weighted by atomic mass is 10.1. The Labute approximate surface area is 262 Å². The van der Waals surface area contributed by atoms with Gasteiger partial charge in [0.1, 0.15) is 23.0 Å². The molecule has 0 unspecified atom stereocenters. The number of ether oxygens (including phenoxy) is 6. The first kappa shape index (κ1) is 34.1. The van der Waals surface area contributed by atoms with Crippen LogP contribution in [0.15, 0.2) is 91.0 Å². The zero-order valence-corrected chi connectivity index (χ0v) is 25.6. The van der Waals surface area contributed by atoms with Crippen LogP contribution in [0.1, 0.15) is 66.3 Å². The lowest BCUT2D eigenvalue weighted by Gasteiger charge is -2.13. The minimum Gasteiger partial charge on any atom is -0.457 e. The van der Waals surface area contributed by atoms with Crippen molar-refractivity contribution in [1.82, 2.24) is 0 Å². The monoisotopic (exact) mass is 616 g/mol. The van der Waals surface area contributed by atoms with Gasteiger partial charge < -0.3 is 28.4 Å². The number of unbranched alkanes of at least 4 members (excludes halogenated alkanes) is 2. The van der Waals surface area contributed by atoms with Gasteiger partial charge in [-0.2, -0.15) is 0 Å². The van der Waals surface area contributed by atoms with Crippen molar-refractivity contribution in [2.45, 2.75) is 46.5 Å². The second-order valence-electron chi connectivity index (χ2n) is 10.0. The second-order valence-corrected chi connectivity index (χ2v) is 10.0. The molecule has 0 bridgehead atoms. The molecule has 0 aliphatic carbocycles. The van der Waals surface area contributed by atoms with Gasteiger partial charge in [-0.15, -0.1) is 0 Å². The summed E-state index contributed by atoms with van der Waals surface area (Å²) in [4.78, 5) is 48.7. The molecule has 3 aromatic rings. The standard InChI is InChI=1S/C35H36O10/c1-6-7-8-9-27-20-30(44-34(38)25-10-14-28(15-11-25)40-21-42-32(36)23(2)3)18-19-31(27)45-35(39)26-12-16-29(17-13-26)41-22-43-33(37)24(4)5/h10-20H,2,4,6-9,21-22H2,1,3,5H3. The van der Waals surface area contributed by atoms with Gasteiger partial charge in [-0.3, -0.25) is 0 Å². The Morgan fingerprint density at radius 1 is 0.622 bits per heavy atom. The van der Waals surface area contributed by atoms with E-state index in [0.29, 0.717) is 29.4 Å². The first-order valence-electron chi connectivity index (χ1n) is 14.3. The number of hydrogen-bond donors (Lipinski definition) is 0. The average Bonchev–Trinajstić information content (AvgIpc) is 3.02. The van der Waals surface area contributed by atoms with Crippen molar-refractivity contribution < 1.29 is 47.6 Å². The third kappa shape index (κ3) is 11.0. The molecule has 0 N–H and O–H groups in total. The van der Waals surface area contributed by atoms with E-state index in [0.717, 1.165) is 24.8 Å². The Hall–Kier alpha value is -5.38. The summed E-state index contributed by atoms with van der Waals surface area (Å²) in [6, 6.07) is 17.2. The van der Waals surface area contributed by atoms with Crippen LogP contribution in [-0.4, -0.2) is 37.5 Å². The molecular formula is C35H36O10. The van der Waals surface area contributed by atoms with E-state index in [9.17, 15) is 19.2 Å². The van der Waals surface area contributed by atoms with Crippen LogP contribution in [0, 0.1) is 0 Å². The van der Waals surface area contributed by atoms with Gasteiger partial charge in [0.15, 0.2) is 0 Å². The average molecular weight is 617 g/mol. The minimum atomic E-state index is -0.587. The number of carbonyl (C=O) groups is 4. The molecule has 0 aromatic heterocycles. The molecule has 0 spiro atoms. The summed E-state index contributed by atoms with van der Waals surface area (Å²) in [7, 11) is 0. The predicted octanol–water partition coefficient (Wildman–Crippen LogP) is 6.77. The molecule has 3 rings (SSSR count). The van der Waals surface area contributed by atoms with E-state index in [-0.39, 0.29) is 35.9 Å². The third-order valence-corrected chi connectivity index (χ3v) is 6.20. The Kier molecular flexibility index (Phi) is 12.9. The smallest absolute Gasteiger partial charge is 0.343 e. The van der Waals surface area contributed by atoms with Crippen LogP contribution in [0.5, 0.6) is 23.0 Å². The SMILES string of the molecule is C=C(C)C(=O)OCOc1ccc(C(=O)Oc2ccc(OC(=O)c3ccc(OCOC(=O)C(=C)C)cc3)c(CCCCC)c2)cc1. The maximum Gasteiger partial charge on any atom is 0.343 e. The Balaban J connectivity index is 1.63. The quantitative estimate of drug-likeness (QED) is 0.0560. The van der Waals surface area contributed by atoms with Crippen molar-refractivity contribution in [2.24, 2.45) is 0 Å². The van der Waals surface area contributed by atoms with Crippen LogP contribution in [0.2, 0.25) is 0 Å². The van der Waals surface area contributed by atoms with Gasteiger partial charge in [0.05, 0.1) is 11.1 Å². The normalized spacial score (nSPS) is 10.3. The van der Waals surface area contributed by atoms with Crippen molar-refractivity contribution in [3.8, 4) is 23.0 Å². The molecule has 0 saturated heterocycles. The van der Waals surface area contributed by atoms with Crippen LogP contribution in [0.3, 0.4) is 0 Å². The number of esters is 4. The molecule has 236 valence electrons. The molecule has 3 aromatic carbocycles. The van der Waals surface area contributed by atoms with Crippen LogP contribution in [-0.2, 0) is 25.5 Å². The number of carbonyl (C=O) groups excluding carboxylic acids is 4. The molecule has 0 aliphatic heterocycles. The number of aryl methyl sites for hydroxylation is 1. The molecular weight excluding hydrogens is 580 g/mol. The first-order chi connectivity index (χ1) is 21.6. The van der Waals surface area contributed by atoms with Crippen LogP contribution >= 0.6 is 0 Å². The van der Waals surface area contributed by atoms with Crippen molar-refractivity contribution in [2.75, 3.05) is 13.6 Å². The summed E-state index contributed by atoms with van der Waals surface area (Å²) in [5.74, 6) is -0.831. The highest BCUT2D eigenvalue weighted by molar-refractivity contribution is 5.92. The van der Waals surface area contributed by atoms with E-state index in [4.69, 9.17) is 28.4 Å². The Bertz CT molecular complexity index is 1520. The summed E-state index contributed by atoms with van der Waals surface area (Å²) >= 11 is 0. The maximum absolute atomic E-state index is 12.9. The molecule has 10 heteroatoms. The summed E-state index contributed by atoms with van der Waals surface area (Å²) in [6.07, 6.45) is 3.44. The lowest BCUT2D eigenvalue weighted by Crippen LogP contribution is -2.12. The number of rotatable bonds is 16. The van der Waals surface area contributed by atoms with Gasteiger partial charge in [-0.1, -0.05) is 32.9 Å². The summed E-state index contributed by atoms with van der Waals surface area (Å²) in [5.41, 5.74) is 1.81. The van der Waals surface area contributed by atoms with E-state index in [1.54, 1.807) is 42.5 Å². The van der Waals surface area contributed by atoms with Gasteiger partial charge >= 0.3 is 23.9 Å². The summed E-state index contributed by atoms with van der Waals surface area (Å²) in [5, 5.41) is 0. The molecule has 0 amide bonds. The molecule has 0 aliphatic rings. The van der Waals surface area contributed by atoms with Gasteiger partial charge in [0.2, 0.25) is 13.6 Å². The number of hydrogen-bond acceptors (Lipinski definition) is 10. The second kappa shape index (κ2) is 17.0. The van der Waals surface area contributed by atoms with Crippen LogP contribution < -0.4 is 18.9 Å². The van der Waals surface area contributed by atoms with Gasteiger partial charge in [0, 0.05) is 11.1 Å². The molecule has 10 nitrogen and oxygen atoms in total. The van der Waals surface area contributed by atoms with Crippen molar-refractivity contribution in [3.05, 3.63) is 108 Å². The van der Waals surface area contributed by atoms with Crippen LogP contribution in [0.25, 0.3) is 0 Å². The summed E-state index contributed by atoms with van der Waals surface area (Å²) in [6.45, 7) is 11.6. The molecule has 45 heavy (non-hydrogen) atoms. The fourth-order valence-electron chi connectivity index (χ4n) is 3.73. The zero-order valence-electron chi connectivity index (χ0n) is 25.6. The predicted molar refractivity (Wildman–Crippen MR) is 165 cm³/mol. The Morgan fingerprint density at radius 3 is 1.56 bits per heavy atom. The summed E-state index contributed by atoms with van der Waals surface area (Å²) < 4.78 is 31.8. The van der Waals surface area contributed by atoms with Crippen LogP contribution in [0.4, 0.5) is 0 Å². The largest absolute Gasteiger partial charge is 0.457 e. The highest BCUT2D eigenvalue weighted by Crippen LogP contribution is 2.28. The van der Waals surface area contributed by atoms with Gasteiger partial charge in [-0.25, -0.2) is 19.2 Å². The first-order valence-corrected chi connectivity index (χ1v) is 14.3. The third-order valence-electron chi connectivity index (χ3n) is 6.20. The topological polar surface area (TPSA) is 124 Å². The van der Waals surface area contributed by atoms with Gasteiger partial charge in [0.25, 0.3) is 0 Å². The maximum atomic E-state index is 12.9. The van der Waals surface area contributed by atoms with E-state index in [1.165, 1.54) is 38.1 Å². The lowest BCUT2D eigenvalue weighted by molar-refractivity contribution is -0.146. The van der Waals surface area contributed by atoms with Crippen molar-refractivity contribution >= 4 is 23.9 Å². The molecule has 0 fully saturated rings. The minimum absolute atomic E-state index is 0.259. The molecule has 0 radical (unpaired) electrons. The van der Waals surface area contributed by atoms with Crippen molar-refractivity contribution in [1.29, 1.82) is 0 Å². The molecule has 0 heterocycles. The van der Waals surface area contributed by atoms with Gasteiger partial charge in [-0.05, 0) is 99.0 Å². The highest BCUT2D eigenvalue weighted by atomic mass is 16.7. The molecule has 0 saturated carbocycles. The molecule has 0 atom stereocenters. The Morgan fingerprint density at radius 2 is 1.09 bits per heavy atom. The van der Waals surface area contributed by atoms with E-state index in [2.05, 4.69) is 20.1 Å². The van der Waals surface area contributed by atoms with E-state index in [1.807, 2.05) is 0 Å². The van der Waals surface area contributed by atoms with Crippen molar-refractivity contribution in [3.63, 3.8) is 0 Å². The highest BCUT2D eigenvalue weighted by Gasteiger charge is 2.16.